The molecule has 0 N–H and O–H groups in total. The molecular formula is C24H30N2O2S. The molecule has 1 aromatic heterocycles. The van der Waals surface area contributed by atoms with Gasteiger partial charge in [0.25, 0.3) is 5.56 Å². The van der Waals surface area contributed by atoms with Crippen molar-refractivity contribution in [2.75, 3.05) is 13.7 Å². The number of aromatic nitrogens is 2. The molecule has 0 saturated carbocycles. The van der Waals surface area contributed by atoms with Crippen molar-refractivity contribution in [1.29, 1.82) is 0 Å². The Morgan fingerprint density at radius 1 is 1.10 bits per heavy atom. The van der Waals surface area contributed by atoms with Gasteiger partial charge in [0.1, 0.15) is 0 Å². The van der Waals surface area contributed by atoms with Gasteiger partial charge >= 0.3 is 0 Å². The van der Waals surface area contributed by atoms with Gasteiger partial charge in [-0.25, -0.2) is 4.98 Å². The molecule has 2 aromatic carbocycles. The Bertz CT molecular complexity index is 1060. The minimum absolute atomic E-state index is 0.00771. The number of hydrogen-bond donors (Lipinski definition) is 0. The summed E-state index contributed by atoms with van der Waals surface area (Å²) < 4.78 is 6.96. The number of thioether (sulfide) groups is 1. The number of benzene rings is 2. The number of nitrogens with zero attached hydrogens (tertiary/aromatic N) is 2. The first-order chi connectivity index (χ1) is 13.7. The van der Waals surface area contributed by atoms with Crippen molar-refractivity contribution < 1.29 is 4.74 Å². The SMILES string of the molecule is COCCn1c(SCc2c(C)cc(C(C)(C)C)cc2C)nc2ccccc2c1=O. The highest BCUT2D eigenvalue weighted by Crippen LogP contribution is 2.30. The number of aryl methyl sites for hydroxylation is 2. The first-order valence-corrected chi connectivity index (χ1v) is 10.9. The summed E-state index contributed by atoms with van der Waals surface area (Å²) in [5, 5.41) is 1.39. The fraction of sp³-hybridized carbons (Fsp3) is 0.417. The van der Waals surface area contributed by atoms with Crippen molar-refractivity contribution >= 4 is 22.7 Å². The predicted molar refractivity (Wildman–Crippen MR) is 122 cm³/mol. The summed E-state index contributed by atoms with van der Waals surface area (Å²) in [6.07, 6.45) is 0. The second kappa shape index (κ2) is 8.72. The minimum Gasteiger partial charge on any atom is -0.383 e. The van der Waals surface area contributed by atoms with E-state index in [4.69, 9.17) is 9.72 Å². The van der Waals surface area contributed by atoms with Crippen molar-refractivity contribution in [2.45, 2.75) is 57.5 Å². The smallest absolute Gasteiger partial charge is 0.262 e. The van der Waals surface area contributed by atoms with Gasteiger partial charge < -0.3 is 4.74 Å². The van der Waals surface area contributed by atoms with Crippen LogP contribution in [0.15, 0.2) is 46.3 Å². The highest BCUT2D eigenvalue weighted by molar-refractivity contribution is 7.98. The maximum Gasteiger partial charge on any atom is 0.262 e. The molecule has 29 heavy (non-hydrogen) atoms. The van der Waals surface area contributed by atoms with Crippen LogP contribution in [-0.4, -0.2) is 23.3 Å². The predicted octanol–water partition coefficient (Wildman–Crippen LogP) is 5.25. The van der Waals surface area contributed by atoms with Gasteiger partial charge in [0.2, 0.25) is 0 Å². The largest absolute Gasteiger partial charge is 0.383 e. The Morgan fingerprint density at radius 3 is 2.38 bits per heavy atom. The maximum absolute atomic E-state index is 13.0. The van der Waals surface area contributed by atoms with E-state index < -0.39 is 0 Å². The van der Waals surface area contributed by atoms with Crippen LogP contribution in [0.5, 0.6) is 0 Å². The lowest BCUT2D eigenvalue weighted by atomic mass is 9.84. The van der Waals surface area contributed by atoms with Crippen molar-refractivity contribution in [1.82, 2.24) is 9.55 Å². The van der Waals surface area contributed by atoms with E-state index in [2.05, 4.69) is 46.8 Å². The number of rotatable bonds is 6. The fourth-order valence-corrected chi connectivity index (χ4v) is 4.65. The van der Waals surface area contributed by atoms with Crippen LogP contribution < -0.4 is 5.56 Å². The maximum atomic E-state index is 13.0. The second-order valence-corrected chi connectivity index (χ2v) is 9.43. The average molecular weight is 411 g/mol. The monoisotopic (exact) mass is 410 g/mol. The molecule has 0 bridgehead atoms. The highest BCUT2D eigenvalue weighted by atomic mass is 32.2. The molecule has 3 rings (SSSR count). The van der Waals surface area contributed by atoms with Crippen LogP contribution in [0.3, 0.4) is 0 Å². The molecule has 0 radical (unpaired) electrons. The summed E-state index contributed by atoms with van der Waals surface area (Å²) in [5.41, 5.74) is 6.09. The van der Waals surface area contributed by atoms with E-state index in [0.29, 0.717) is 18.5 Å². The third-order valence-corrected chi connectivity index (χ3v) is 6.26. The van der Waals surface area contributed by atoms with Gasteiger partial charge in [-0.2, -0.15) is 0 Å². The zero-order valence-electron chi connectivity index (χ0n) is 18.2. The number of ether oxygens (including phenoxy) is 1. The average Bonchev–Trinajstić information content (AvgIpc) is 2.66. The Morgan fingerprint density at radius 2 is 1.76 bits per heavy atom. The number of para-hydroxylation sites is 1. The van der Waals surface area contributed by atoms with Crippen molar-refractivity contribution in [3.63, 3.8) is 0 Å². The van der Waals surface area contributed by atoms with Crippen LogP contribution in [0, 0.1) is 13.8 Å². The van der Waals surface area contributed by atoms with Gasteiger partial charge in [0, 0.05) is 12.9 Å². The molecule has 4 nitrogen and oxygen atoms in total. The van der Waals surface area contributed by atoms with Crippen LogP contribution in [-0.2, 0) is 22.4 Å². The molecule has 3 aromatic rings. The van der Waals surface area contributed by atoms with Crippen molar-refractivity contribution in [3.05, 3.63) is 69.0 Å². The first kappa shape index (κ1) is 21.6. The van der Waals surface area contributed by atoms with E-state index in [1.54, 1.807) is 23.4 Å². The summed E-state index contributed by atoms with van der Waals surface area (Å²) in [7, 11) is 1.65. The van der Waals surface area contributed by atoms with Crippen molar-refractivity contribution in [3.8, 4) is 0 Å². The minimum atomic E-state index is -0.00771. The zero-order valence-corrected chi connectivity index (χ0v) is 19.0. The molecule has 0 aliphatic heterocycles. The quantitative estimate of drug-likeness (QED) is 0.411. The molecule has 0 atom stereocenters. The van der Waals surface area contributed by atoms with E-state index in [1.807, 2.05) is 24.3 Å². The molecule has 154 valence electrons. The molecule has 0 fully saturated rings. The van der Waals surface area contributed by atoms with E-state index in [9.17, 15) is 4.79 Å². The Hall–Kier alpha value is -2.11. The molecular weight excluding hydrogens is 380 g/mol. The second-order valence-electron chi connectivity index (χ2n) is 8.49. The topological polar surface area (TPSA) is 44.1 Å². The van der Waals surface area contributed by atoms with Gasteiger partial charge in [-0.1, -0.05) is 56.8 Å². The third-order valence-electron chi connectivity index (χ3n) is 5.25. The normalized spacial score (nSPS) is 11.9. The van der Waals surface area contributed by atoms with Gasteiger partial charge in [-0.3, -0.25) is 9.36 Å². The fourth-order valence-electron chi connectivity index (χ4n) is 3.43. The first-order valence-electron chi connectivity index (χ1n) is 9.94. The lowest BCUT2D eigenvalue weighted by Gasteiger charge is -2.22. The lowest BCUT2D eigenvalue weighted by Crippen LogP contribution is -2.25. The number of methoxy groups -OCH3 is 1. The summed E-state index contributed by atoms with van der Waals surface area (Å²) in [5.74, 6) is 0.778. The molecule has 0 spiro atoms. The summed E-state index contributed by atoms with van der Waals surface area (Å²) in [6.45, 7) is 12.0. The molecule has 1 heterocycles. The molecule has 0 amide bonds. The van der Waals surface area contributed by atoms with E-state index >= 15 is 0 Å². The van der Waals surface area contributed by atoms with Crippen LogP contribution >= 0.6 is 11.8 Å². The molecule has 0 unspecified atom stereocenters. The lowest BCUT2D eigenvalue weighted by molar-refractivity contribution is 0.183. The van der Waals surface area contributed by atoms with Gasteiger partial charge in [-0.15, -0.1) is 0 Å². The third kappa shape index (κ3) is 4.73. The van der Waals surface area contributed by atoms with Crippen LogP contribution in [0.25, 0.3) is 10.9 Å². The molecule has 0 saturated heterocycles. The summed E-state index contributed by atoms with van der Waals surface area (Å²) in [4.78, 5) is 17.8. The van der Waals surface area contributed by atoms with Gasteiger partial charge in [-0.05, 0) is 53.6 Å². The molecule has 0 aliphatic rings. The summed E-state index contributed by atoms with van der Waals surface area (Å²) >= 11 is 1.62. The molecule has 0 aliphatic carbocycles. The van der Waals surface area contributed by atoms with E-state index in [1.165, 1.54) is 22.3 Å². The number of hydrogen-bond acceptors (Lipinski definition) is 4. The van der Waals surface area contributed by atoms with Crippen LogP contribution in [0.1, 0.15) is 43.0 Å². The zero-order chi connectivity index (χ0) is 21.2. The Labute approximate surface area is 177 Å². The highest BCUT2D eigenvalue weighted by Gasteiger charge is 2.17. The van der Waals surface area contributed by atoms with E-state index in [0.717, 1.165) is 16.4 Å². The number of fused-ring (bicyclic) bond motifs is 1. The van der Waals surface area contributed by atoms with Gasteiger partial charge in [0.05, 0.1) is 24.1 Å². The summed E-state index contributed by atoms with van der Waals surface area (Å²) in [6, 6.07) is 12.1. The van der Waals surface area contributed by atoms with Crippen LogP contribution in [0.2, 0.25) is 0 Å². The van der Waals surface area contributed by atoms with Crippen LogP contribution in [0.4, 0.5) is 0 Å². The Kier molecular flexibility index (Phi) is 6.49. The Balaban J connectivity index is 1.97. The van der Waals surface area contributed by atoms with Crippen molar-refractivity contribution in [2.24, 2.45) is 0 Å². The van der Waals surface area contributed by atoms with E-state index in [-0.39, 0.29) is 11.0 Å². The van der Waals surface area contributed by atoms with Gasteiger partial charge in [0.15, 0.2) is 5.16 Å². The standard InChI is InChI=1S/C24H30N2O2S/c1-16-13-18(24(3,4)5)14-17(2)20(16)15-29-23-25-21-10-8-7-9-19(21)22(27)26(23)11-12-28-6/h7-10,13-14H,11-12,15H2,1-6H3. The molecule has 5 heteroatoms.